The first-order valence-electron chi connectivity index (χ1n) is 8.96. The van der Waals surface area contributed by atoms with E-state index in [4.69, 9.17) is 4.74 Å². The zero-order valence-corrected chi connectivity index (χ0v) is 15.6. The highest BCUT2D eigenvalue weighted by Crippen LogP contribution is 2.36. The Morgan fingerprint density at radius 2 is 2.04 bits per heavy atom. The molecule has 1 fully saturated rings. The molecule has 0 saturated carbocycles. The molecular weight excluding hydrogens is 344 g/mol. The van der Waals surface area contributed by atoms with E-state index in [2.05, 4.69) is 47.6 Å². The van der Waals surface area contributed by atoms with Crippen molar-refractivity contribution in [2.24, 2.45) is 0 Å². The second kappa shape index (κ2) is 7.56. The number of fused-ring (bicyclic) bond motifs is 1. The molecule has 5 heteroatoms. The summed E-state index contributed by atoms with van der Waals surface area (Å²) >= 11 is 1.62. The van der Waals surface area contributed by atoms with Gasteiger partial charge in [-0.1, -0.05) is 47.7 Å². The molecule has 0 aliphatic carbocycles. The van der Waals surface area contributed by atoms with E-state index in [0.717, 1.165) is 40.1 Å². The molecule has 26 heavy (non-hydrogen) atoms. The molecule has 1 unspecified atom stereocenters. The van der Waals surface area contributed by atoms with Crippen LogP contribution in [-0.2, 0) is 4.74 Å². The fraction of sp³-hybridized carbons (Fsp3) is 0.286. The minimum atomic E-state index is -0.0775. The number of aryl methyl sites for hydroxylation is 1. The zero-order valence-electron chi connectivity index (χ0n) is 14.7. The Kier molecular flexibility index (Phi) is 5.00. The van der Waals surface area contributed by atoms with E-state index in [-0.39, 0.29) is 12.0 Å². The zero-order chi connectivity index (χ0) is 17.9. The molecular formula is C21H22N2O2S. The van der Waals surface area contributed by atoms with Crippen molar-refractivity contribution in [1.82, 2.24) is 10.3 Å². The molecule has 0 radical (unpaired) electrons. The lowest BCUT2D eigenvalue weighted by molar-refractivity contribution is 0.0852. The van der Waals surface area contributed by atoms with Crippen molar-refractivity contribution in [1.29, 1.82) is 0 Å². The van der Waals surface area contributed by atoms with E-state index in [1.165, 1.54) is 5.56 Å². The summed E-state index contributed by atoms with van der Waals surface area (Å²) in [6.45, 7) is 3.42. The third-order valence-corrected chi connectivity index (χ3v) is 5.78. The average Bonchev–Trinajstić information content (AvgIpc) is 3.30. The third-order valence-electron chi connectivity index (χ3n) is 4.64. The lowest BCUT2D eigenvalue weighted by Crippen LogP contribution is -2.32. The van der Waals surface area contributed by atoms with E-state index in [1.807, 2.05) is 18.2 Å². The Morgan fingerprint density at radius 3 is 2.81 bits per heavy atom. The number of aromatic amines is 1. The fourth-order valence-corrected chi connectivity index (χ4v) is 4.25. The van der Waals surface area contributed by atoms with Crippen LogP contribution in [0.4, 0.5) is 0 Å². The summed E-state index contributed by atoms with van der Waals surface area (Å²) in [5.74, 6) is -0.0775. The normalized spacial score (nSPS) is 16.9. The predicted molar refractivity (Wildman–Crippen MR) is 105 cm³/mol. The number of aromatic nitrogens is 1. The largest absolute Gasteiger partial charge is 0.376 e. The maximum Gasteiger partial charge on any atom is 0.269 e. The second-order valence-electron chi connectivity index (χ2n) is 6.63. The summed E-state index contributed by atoms with van der Waals surface area (Å²) in [4.78, 5) is 18.2. The van der Waals surface area contributed by atoms with Crippen molar-refractivity contribution in [3.63, 3.8) is 0 Å². The predicted octanol–water partition coefficient (Wildman–Crippen LogP) is 4.54. The minimum Gasteiger partial charge on any atom is -0.376 e. The molecule has 1 aromatic heterocycles. The van der Waals surface area contributed by atoms with Gasteiger partial charge in [0.2, 0.25) is 0 Å². The van der Waals surface area contributed by atoms with Crippen LogP contribution >= 0.6 is 11.8 Å². The van der Waals surface area contributed by atoms with Gasteiger partial charge in [0, 0.05) is 29.0 Å². The van der Waals surface area contributed by atoms with Crippen LogP contribution in [-0.4, -0.2) is 30.1 Å². The quantitative estimate of drug-likeness (QED) is 0.697. The maximum absolute atomic E-state index is 12.8. The fourth-order valence-electron chi connectivity index (χ4n) is 3.21. The van der Waals surface area contributed by atoms with E-state index in [9.17, 15) is 4.79 Å². The van der Waals surface area contributed by atoms with E-state index in [1.54, 1.807) is 11.8 Å². The van der Waals surface area contributed by atoms with Gasteiger partial charge in [-0.3, -0.25) is 4.79 Å². The number of benzene rings is 2. The van der Waals surface area contributed by atoms with Gasteiger partial charge in [0.15, 0.2) is 0 Å². The summed E-state index contributed by atoms with van der Waals surface area (Å²) in [5, 5.41) is 4.10. The number of amides is 1. The van der Waals surface area contributed by atoms with Gasteiger partial charge in [0.1, 0.15) is 5.69 Å². The molecule has 1 saturated heterocycles. The Bertz CT molecular complexity index is 911. The number of hydrogen-bond acceptors (Lipinski definition) is 3. The number of hydrogen-bond donors (Lipinski definition) is 2. The lowest BCUT2D eigenvalue weighted by Gasteiger charge is -2.11. The van der Waals surface area contributed by atoms with E-state index >= 15 is 0 Å². The molecule has 1 aliphatic rings. The third kappa shape index (κ3) is 3.64. The van der Waals surface area contributed by atoms with Crippen molar-refractivity contribution in [3.8, 4) is 0 Å². The standard InChI is InChI=1S/C21H22N2O2S/c1-14-8-10-16(11-9-14)26-20-17-6-2-3-7-18(17)23-19(20)21(24)22-13-15-5-4-12-25-15/h2-3,6-11,15,23H,4-5,12-13H2,1H3,(H,22,24). The number of nitrogens with one attached hydrogen (secondary N) is 2. The van der Waals surface area contributed by atoms with Gasteiger partial charge in [0.05, 0.1) is 11.0 Å². The number of H-pyrrole nitrogens is 1. The van der Waals surface area contributed by atoms with E-state index in [0.29, 0.717) is 12.2 Å². The van der Waals surface area contributed by atoms with Crippen molar-refractivity contribution in [2.75, 3.05) is 13.2 Å². The van der Waals surface area contributed by atoms with Gasteiger partial charge >= 0.3 is 0 Å². The van der Waals surface area contributed by atoms with Gasteiger partial charge in [-0.25, -0.2) is 0 Å². The van der Waals surface area contributed by atoms with Crippen LogP contribution in [0.25, 0.3) is 10.9 Å². The van der Waals surface area contributed by atoms with Crippen LogP contribution < -0.4 is 5.32 Å². The summed E-state index contributed by atoms with van der Waals surface area (Å²) in [6, 6.07) is 16.4. The molecule has 2 aromatic carbocycles. The first-order valence-corrected chi connectivity index (χ1v) is 9.77. The van der Waals surface area contributed by atoms with Crippen LogP contribution in [0, 0.1) is 6.92 Å². The molecule has 0 bridgehead atoms. The maximum atomic E-state index is 12.8. The molecule has 2 N–H and O–H groups in total. The van der Waals surface area contributed by atoms with Gasteiger partial charge in [-0.15, -0.1) is 0 Å². The number of para-hydroxylation sites is 1. The smallest absolute Gasteiger partial charge is 0.269 e. The minimum absolute atomic E-state index is 0.0775. The van der Waals surface area contributed by atoms with Crippen LogP contribution in [0.1, 0.15) is 28.9 Å². The SMILES string of the molecule is Cc1ccc(Sc2c(C(=O)NCC3CCCO3)[nH]c3ccccc23)cc1. The molecule has 1 amide bonds. The van der Waals surface area contributed by atoms with Crippen LogP contribution in [0.2, 0.25) is 0 Å². The molecule has 4 nitrogen and oxygen atoms in total. The highest BCUT2D eigenvalue weighted by molar-refractivity contribution is 7.99. The molecule has 3 aromatic rings. The van der Waals surface area contributed by atoms with Crippen molar-refractivity contribution < 1.29 is 9.53 Å². The average molecular weight is 366 g/mol. The van der Waals surface area contributed by atoms with Gasteiger partial charge in [-0.2, -0.15) is 0 Å². The van der Waals surface area contributed by atoms with E-state index < -0.39 is 0 Å². The highest BCUT2D eigenvalue weighted by atomic mass is 32.2. The molecule has 1 atom stereocenters. The number of rotatable bonds is 5. The van der Waals surface area contributed by atoms with Gasteiger partial charge < -0.3 is 15.0 Å². The van der Waals surface area contributed by atoms with Crippen molar-refractivity contribution in [3.05, 3.63) is 59.8 Å². The number of carbonyl (C=O) groups excluding carboxylic acids is 1. The summed E-state index contributed by atoms with van der Waals surface area (Å²) < 4.78 is 5.61. The Labute approximate surface area is 157 Å². The van der Waals surface area contributed by atoms with Crippen LogP contribution in [0.5, 0.6) is 0 Å². The molecule has 4 rings (SSSR count). The highest BCUT2D eigenvalue weighted by Gasteiger charge is 2.21. The number of ether oxygens (including phenoxy) is 1. The lowest BCUT2D eigenvalue weighted by atomic mass is 10.2. The second-order valence-corrected chi connectivity index (χ2v) is 7.72. The van der Waals surface area contributed by atoms with Crippen molar-refractivity contribution in [2.45, 2.75) is 35.7 Å². The molecule has 2 heterocycles. The van der Waals surface area contributed by atoms with Crippen molar-refractivity contribution >= 4 is 28.6 Å². The Morgan fingerprint density at radius 1 is 1.23 bits per heavy atom. The van der Waals surface area contributed by atoms with Crippen LogP contribution in [0.3, 0.4) is 0 Å². The Balaban J connectivity index is 1.62. The van der Waals surface area contributed by atoms with Crippen LogP contribution in [0.15, 0.2) is 58.3 Å². The number of carbonyl (C=O) groups is 1. The first-order chi connectivity index (χ1) is 12.7. The van der Waals surface area contributed by atoms with Gasteiger partial charge in [-0.05, 0) is 38.0 Å². The first kappa shape index (κ1) is 17.2. The Hall–Kier alpha value is -2.24. The molecule has 134 valence electrons. The summed E-state index contributed by atoms with van der Waals surface area (Å²) in [5.41, 5.74) is 2.82. The topological polar surface area (TPSA) is 54.1 Å². The molecule has 0 spiro atoms. The molecule has 1 aliphatic heterocycles. The summed E-state index contributed by atoms with van der Waals surface area (Å²) in [7, 11) is 0. The summed E-state index contributed by atoms with van der Waals surface area (Å²) in [6.07, 6.45) is 2.22. The monoisotopic (exact) mass is 366 g/mol. The van der Waals surface area contributed by atoms with Gasteiger partial charge in [0.25, 0.3) is 5.91 Å².